The number of likely N-dealkylation sites (N-methyl/N-ethyl adjacent to an activating group) is 1. The van der Waals surface area contributed by atoms with Crippen molar-refractivity contribution in [3.63, 3.8) is 0 Å². The first kappa shape index (κ1) is 11.8. The van der Waals surface area contributed by atoms with E-state index >= 15 is 0 Å². The highest BCUT2D eigenvalue weighted by molar-refractivity contribution is 5.30. The number of hydrogen-bond acceptors (Lipinski definition) is 0. The molecule has 1 saturated heterocycles. The van der Waals surface area contributed by atoms with Crippen molar-refractivity contribution < 1.29 is 4.48 Å². The van der Waals surface area contributed by atoms with Gasteiger partial charge in [0.25, 0.3) is 0 Å². The summed E-state index contributed by atoms with van der Waals surface area (Å²) in [6.07, 6.45) is 9.97. The maximum atomic E-state index is 2.58. The summed E-state index contributed by atoms with van der Waals surface area (Å²) >= 11 is 0. The van der Waals surface area contributed by atoms with Gasteiger partial charge in [-0.15, -0.1) is 0 Å². The second-order valence-corrected chi connectivity index (χ2v) is 7.07. The average Bonchev–Trinajstić information content (AvgIpc) is 2.79. The minimum absolute atomic E-state index is 0.510. The molecule has 1 aliphatic carbocycles. The molecule has 1 heteroatoms. The van der Waals surface area contributed by atoms with Gasteiger partial charge in [0.05, 0.1) is 20.1 Å². The van der Waals surface area contributed by atoms with Crippen LogP contribution in [0.3, 0.4) is 0 Å². The number of nitrogens with zero attached hydrogens (tertiary/aromatic N) is 1. The quantitative estimate of drug-likeness (QED) is 0.477. The molecule has 0 radical (unpaired) electrons. The normalized spacial score (nSPS) is 45.7. The summed E-state index contributed by atoms with van der Waals surface area (Å²) in [5.74, 6) is 0.983. The average molecular weight is 234 g/mol. The molecule has 0 bridgehead atoms. The first-order valence-electron chi connectivity index (χ1n) is 7.65. The van der Waals surface area contributed by atoms with Gasteiger partial charge in [0, 0.05) is 18.8 Å². The highest BCUT2D eigenvalue weighted by atomic mass is 15.4. The molecule has 2 heterocycles. The number of hydrogen-bond donors (Lipinski definition) is 0. The predicted octanol–water partition coefficient (Wildman–Crippen LogP) is 3.90. The van der Waals surface area contributed by atoms with Crippen LogP contribution in [-0.4, -0.2) is 30.2 Å². The summed E-state index contributed by atoms with van der Waals surface area (Å²) in [6.45, 7) is 7.80. The van der Waals surface area contributed by atoms with E-state index in [9.17, 15) is 0 Å². The molecule has 0 amide bonds. The largest absolute Gasteiger partial charge is 0.317 e. The Morgan fingerprint density at radius 3 is 2.88 bits per heavy atom. The Kier molecular flexibility index (Phi) is 2.66. The third-order valence-corrected chi connectivity index (χ3v) is 6.36. The van der Waals surface area contributed by atoms with Crippen LogP contribution in [0.4, 0.5) is 0 Å². The molecule has 0 aromatic heterocycles. The number of fused-ring (bicyclic) bond motifs is 2. The number of rotatable bonds is 1. The lowest BCUT2D eigenvalue weighted by molar-refractivity contribution is -0.961. The molecule has 0 aromatic rings. The molecule has 1 unspecified atom stereocenters. The molecule has 1 fully saturated rings. The molecule has 0 aromatic carbocycles. The molecule has 1 nitrogen and oxygen atoms in total. The van der Waals surface area contributed by atoms with Crippen LogP contribution in [0, 0.1) is 5.92 Å². The first-order chi connectivity index (χ1) is 8.09. The van der Waals surface area contributed by atoms with E-state index in [0.29, 0.717) is 5.54 Å². The predicted molar refractivity (Wildman–Crippen MR) is 72.8 cm³/mol. The topological polar surface area (TPSA) is 0 Å². The van der Waals surface area contributed by atoms with E-state index < -0.39 is 0 Å². The third kappa shape index (κ3) is 1.54. The molecule has 3 atom stereocenters. The number of piperidine rings is 1. The van der Waals surface area contributed by atoms with Gasteiger partial charge in [0.2, 0.25) is 0 Å². The number of quaternary nitrogens is 1. The van der Waals surface area contributed by atoms with Crippen LogP contribution in [0.15, 0.2) is 11.1 Å². The van der Waals surface area contributed by atoms with Crippen LogP contribution in [0.2, 0.25) is 0 Å². The third-order valence-electron chi connectivity index (χ3n) is 6.36. The standard InChI is InChI=1S/C16H28N/c1-4-13-8-10-16(2)15-7-5-6-14(15)9-11-17(16,3)12-13/h13H,4-12H2,1-3H3/q+1/t13-,16-,17?/m0/s1. The minimum atomic E-state index is 0.510. The second kappa shape index (κ2) is 3.85. The highest BCUT2D eigenvalue weighted by Gasteiger charge is 2.54. The van der Waals surface area contributed by atoms with E-state index in [2.05, 4.69) is 20.9 Å². The molecule has 0 saturated carbocycles. The smallest absolute Gasteiger partial charge is 0.118 e. The molecular formula is C16H28N+. The summed E-state index contributed by atoms with van der Waals surface area (Å²) in [6, 6.07) is 0. The van der Waals surface area contributed by atoms with Gasteiger partial charge in [0.1, 0.15) is 5.54 Å². The lowest BCUT2D eigenvalue weighted by Gasteiger charge is -2.57. The van der Waals surface area contributed by atoms with Crippen molar-refractivity contribution in [3.05, 3.63) is 11.1 Å². The fourth-order valence-corrected chi connectivity index (χ4v) is 4.88. The van der Waals surface area contributed by atoms with E-state index in [0.717, 1.165) is 5.92 Å². The van der Waals surface area contributed by atoms with Gasteiger partial charge in [-0.25, -0.2) is 0 Å². The van der Waals surface area contributed by atoms with E-state index in [4.69, 9.17) is 0 Å². The van der Waals surface area contributed by atoms with E-state index in [1.807, 2.05) is 11.1 Å². The van der Waals surface area contributed by atoms with Gasteiger partial charge < -0.3 is 4.48 Å². The molecule has 17 heavy (non-hydrogen) atoms. The second-order valence-electron chi connectivity index (χ2n) is 7.07. The SMILES string of the molecule is CC[C@H]1CC[C@@]2(C)C3=C(CCC3)CC[N+]2(C)C1. The summed E-state index contributed by atoms with van der Waals surface area (Å²) in [4.78, 5) is 0. The summed E-state index contributed by atoms with van der Waals surface area (Å²) in [7, 11) is 2.55. The van der Waals surface area contributed by atoms with Crippen molar-refractivity contribution in [2.24, 2.45) is 5.92 Å². The maximum absolute atomic E-state index is 2.58. The van der Waals surface area contributed by atoms with Gasteiger partial charge >= 0.3 is 0 Å². The molecule has 0 N–H and O–H groups in total. The Balaban J connectivity index is 1.96. The lowest BCUT2D eigenvalue weighted by atomic mass is 9.72. The maximum Gasteiger partial charge on any atom is 0.118 e. The fraction of sp³-hybridized carbons (Fsp3) is 0.875. The summed E-state index contributed by atoms with van der Waals surface area (Å²) in [5, 5.41) is 0. The van der Waals surface area contributed by atoms with Crippen LogP contribution < -0.4 is 0 Å². The summed E-state index contributed by atoms with van der Waals surface area (Å²) in [5.41, 5.74) is 4.26. The fourth-order valence-electron chi connectivity index (χ4n) is 4.88. The van der Waals surface area contributed by atoms with Crippen LogP contribution in [0.25, 0.3) is 0 Å². The molecule has 96 valence electrons. The van der Waals surface area contributed by atoms with Gasteiger partial charge in [-0.05, 0) is 44.6 Å². The molecule has 3 aliphatic rings. The van der Waals surface area contributed by atoms with Crippen LogP contribution in [-0.2, 0) is 0 Å². The summed E-state index contributed by atoms with van der Waals surface area (Å²) < 4.78 is 1.35. The van der Waals surface area contributed by atoms with Gasteiger partial charge in [-0.1, -0.05) is 12.5 Å². The van der Waals surface area contributed by atoms with Crippen LogP contribution >= 0.6 is 0 Å². The monoisotopic (exact) mass is 234 g/mol. The minimum Gasteiger partial charge on any atom is -0.317 e. The zero-order valence-electron chi connectivity index (χ0n) is 11.9. The Labute approximate surface area is 106 Å². The first-order valence-corrected chi connectivity index (χ1v) is 7.65. The molecule has 0 spiro atoms. The van der Waals surface area contributed by atoms with Crippen molar-refractivity contribution in [1.82, 2.24) is 0 Å². The lowest BCUT2D eigenvalue weighted by Crippen LogP contribution is -2.67. The van der Waals surface area contributed by atoms with Crippen LogP contribution in [0.5, 0.6) is 0 Å². The van der Waals surface area contributed by atoms with Crippen molar-refractivity contribution in [3.8, 4) is 0 Å². The molecule has 2 aliphatic heterocycles. The zero-order chi connectivity index (χ0) is 12.1. The van der Waals surface area contributed by atoms with E-state index in [-0.39, 0.29) is 0 Å². The Hall–Kier alpha value is -0.300. The molecular weight excluding hydrogens is 206 g/mol. The Morgan fingerprint density at radius 2 is 2.12 bits per heavy atom. The van der Waals surface area contributed by atoms with Crippen molar-refractivity contribution in [2.45, 2.75) is 64.3 Å². The van der Waals surface area contributed by atoms with Gasteiger partial charge in [0.15, 0.2) is 0 Å². The highest BCUT2D eigenvalue weighted by Crippen LogP contribution is 2.51. The van der Waals surface area contributed by atoms with Crippen molar-refractivity contribution in [1.29, 1.82) is 0 Å². The van der Waals surface area contributed by atoms with E-state index in [1.54, 1.807) is 0 Å². The van der Waals surface area contributed by atoms with E-state index in [1.165, 1.54) is 62.5 Å². The Bertz CT molecular complexity index is 357. The van der Waals surface area contributed by atoms with Gasteiger partial charge in [-0.2, -0.15) is 0 Å². The van der Waals surface area contributed by atoms with Crippen molar-refractivity contribution in [2.75, 3.05) is 20.1 Å². The zero-order valence-corrected chi connectivity index (χ0v) is 11.9. The van der Waals surface area contributed by atoms with Gasteiger partial charge in [-0.3, -0.25) is 0 Å². The van der Waals surface area contributed by atoms with Crippen LogP contribution in [0.1, 0.15) is 58.8 Å². The molecule has 3 rings (SSSR count). The van der Waals surface area contributed by atoms with Crippen molar-refractivity contribution >= 4 is 0 Å². The Morgan fingerprint density at radius 1 is 1.29 bits per heavy atom.